The third kappa shape index (κ3) is 33.3. The number of carbonyl (C=O) groups excluding carboxylic acids is 1. The fourth-order valence-corrected chi connectivity index (χ4v) is 2.64. The molecule has 0 aliphatic carbocycles. The van der Waals surface area contributed by atoms with Crippen LogP contribution < -0.4 is 5.11 Å². The monoisotopic (exact) mass is 411 g/mol. The zero-order chi connectivity index (χ0) is 21.3. The Labute approximate surface area is 166 Å². The second-order valence-corrected chi connectivity index (χ2v) is 9.57. The quantitative estimate of drug-likeness (QED) is 0.252. The van der Waals surface area contributed by atoms with Crippen molar-refractivity contribution in [2.45, 2.75) is 77.2 Å². The molecule has 1 atom stereocenters. The van der Waals surface area contributed by atoms with Crippen LogP contribution in [-0.4, -0.2) is 70.1 Å². The fraction of sp³-hybridized carbons (Fsp3) is 0.947. The van der Waals surface area contributed by atoms with Crippen LogP contribution in [0.25, 0.3) is 0 Å². The molecule has 0 saturated carbocycles. The number of rotatable bonds is 15. The molecule has 8 heteroatoms. The van der Waals surface area contributed by atoms with Gasteiger partial charge in [-0.1, -0.05) is 58.3 Å². The van der Waals surface area contributed by atoms with E-state index in [4.69, 9.17) is 9.29 Å². The minimum Gasteiger partial charge on any atom is -0.550 e. The van der Waals surface area contributed by atoms with E-state index in [1.165, 1.54) is 51.4 Å². The van der Waals surface area contributed by atoms with Gasteiger partial charge in [0.05, 0.1) is 27.4 Å². The number of aliphatic carboxylic acids is 1. The van der Waals surface area contributed by atoms with E-state index in [-0.39, 0.29) is 12.5 Å². The molecule has 0 fully saturated rings. The smallest absolute Gasteiger partial charge is 0.261 e. The van der Waals surface area contributed by atoms with Gasteiger partial charge in [-0.3, -0.25) is 4.55 Å². The summed E-state index contributed by atoms with van der Waals surface area (Å²) in [5, 5.41) is 10.8. The first kappa shape index (κ1) is 28.5. The van der Waals surface area contributed by atoms with E-state index >= 15 is 0 Å². The molecule has 0 saturated heterocycles. The van der Waals surface area contributed by atoms with Crippen molar-refractivity contribution in [2.75, 3.05) is 40.6 Å². The molecule has 0 aromatic carbocycles. The molecule has 0 aliphatic heterocycles. The number of carboxylic acids is 1. The number of quaternary nitrogens is 1. The molecule has 0 radical (unpaired) electrons. The third-order valence-electron chi connectivity index (χ3n) is 3.75. The van der Waals surface area contributed by atoms with Crippen LogP contribution in [0.15, 0.2) is 0 Å². The number of hydrogen-bond acceptors (Lipinski definition) is 5. The summed E-state index contributed by atoms with van der Waals surface area (Å²) >= 11 is 0. The van der Waals surface area contributed by atoms with E-state index in [2.05, 4.69) is 6.92 Å². The molecule has 0 amide bonds. The summed E-state index contributed by atoms with van der Waals surface area (Å²) in [6.45, 7) is 3.60. The lowest BCUT2D eigenvalue weighted by Gasteiger charge is -2.29. The SMILES string of the molecule is CCCCCCCCCCCOC(CC(=O)[O-])C[N+](C)(C)C.CS(=O)(=O)O. The van der Waals surface area contributed by atoms with Crippen LogP contribution in [-0.2, 0) is 19.6 Å². The van der Waals surface area contributed by atoms with Gasteiger partial charge in [0.25, 0.3) is 10.1 Å². The highest BCUT2D eigenvalue weighted by atomic mass is 32.2. The van der Waals surface area contributed by atoms with Crippen LogP contribution in [0.2, 0.25) is 0 Å². The molecular formula is C19H41NO6S. The normalized spacial score (nSPS) is 13.0. The van der Waals surface area contributed by atoms with Crippen molar-refractivity contribution in [3.8, 4) is 0 Å². The Morgan fingerprint density at radius 3 is 1.78 bits per heavy atom. The predicted molar refractivity (Wildman–Crippen MR) is 107 cm³/mol. The minimum absolute atomic E-state index is 0.00700. The third-order valence-corrected chi connectivity index (χ3v) is 3.75. The Morgan fingerprint density at radius 2 is 1.41 bits per heavy atom. The lowest BCUT2D eigenvalue weighted by Crippen LogP contribution is -2.44. The lowest BCUT2D eigenvalue weighted by molar-refractivity contribution is -0.873. The van der Waals surface area contributed by atoms with Crippen molar-refractivity contribution in [1.82, 2.24) is 0 Å². The molecule has 7 nitrogen and oxygen atoms in total. The standard InChI is InChI=1S/C18H37NO3.CH4O3S/c1-5-6-7-8-9-10-11-12-13-14-22-17(15-18(20)21)16-19(2,3)4;1-5(2,3)4/h17H,5-16H2,1-4H3;1H3,(H,2,3,4). The van der Waals surface area contributed by atoms with Crippen molar-refractivity contribution in [3.05, 3.63) is 0 Å². The Morgan fingerprint density at radius 1 is 1.00 bits per heavy atom. The summed E-state index contributed by atoms with van der Waals surface area (Å²) in [7, 11) is 2.47. The molecule has 1 N–H and O–H groups in total. The number of carbonyl (C=O) groups is 1. The molecule has 0 spiro atoms. The van der Waals surface area contributed by atoms with Gasteiger partial charge in [0.1, 0.15) is 12.6 Å². The van der Waals surface area contributed by atoms with E-state index in [0.717, 1.165) is 6.42 Å². The van der Waals surface area contributed by atoms with Crippen molar-refractivity contribution in [1.29, 1.82) is 0 Å². The van der Waals surface area contributed by atoms with E-state index in [0.29, 0.717) is 23.9 Å². The largest absolute Gasteiger partial charge is 0.550 e. The van der Waals surface area contributed by atoms with Crippen molar-refractivity contribution in [2.24, 2.45) is 0 Å². The molecule has 164 valence electrons. The average Bonchev–Trinajstić information content (AvgIpc) is 2.45. The highest BCUT2D eigenvalue weighted by molar-refractivity contribution is 7.85. The average molecular weight is 412 g/mol. The maximum Gasteiger partial charge on any atom is 0.261 e. The molecule has 0 bridgehead atoms. The molecule has 0 rings (SSSR count). The van der Waals surface area contributed by atoms with Gasteiger partial charge in [0.15, 0.2) is 0 Å². The Kier molecular flexibility index (Phi) is 17.2. The van der Waals surface area contributed by atoms with Crippen LogP contribution in [0.3, 0.4) is 0 Å². The maximum absolute atomic E-state index is 10.8. The number of hydrogen-bond donors (Lipinski definition) is 1. The summed E-state index contributed by atoms with van der Waals surface area (Å²) < 4.78 is 32.3. The van der Waals surface area contributed by atoms with Gasteiger partial charge >= 0.3 is 0 Å². The van der Waals surface area contributed by atoms with Crippen molar-refractivity contribution >= 4 is 16.1 Å². The first-order chi connectivity index (χ1) is 12.3. The van der Waals surface area contributed by atoms with Crippen LogP contribution in [0, 0.1) is 0 Å². The second kappa shape index (κ2) is 16.3. The van der Waals surface area contributed by atoms with Crippen LogP contribution in [0.4, 0.5) is 0 Å². The van der Waals surface area contributed by atoms with Crippen LogP contribution in [0.5, 0.6) is 0 Å². The minimum atomic E-state index is -3.67. The van der Waals surface area contributed by atoms with Crippen molar-refractivity contribution < 1.29 is 32.1 Å². The van der Waals surface area contributed by atoms with Gasteiger partial charge in [0.2, 0.25) is 0 Å². The van der Waals surface area contributed by atoms with Gasteiger partial charge in [0, 0.05) is 19.0 Å². The first-order valence-corrected chi connectivity index (χ1v) is 11.7. The van der Waals surface area contributed by atoms with Gasteiger partial charge in [-0.2, -0.15) is 8.42 Å². The number of carboxylic acid groups (broad SMARTS) is 1. The van der Waals surface area contributed by atoms with E-state index in [1.807, 2.05) is 21.1 Å². The number of nitrogens with zero attached hydrogens (tertiary/aromatic N) is 1. The molecule has 0 aliphatic rings. The Bertz CT molecular complexity index is 451. The molecule has 1 unspecified atom stereocenters. The topological polar surface area (TPSA) is 104 Å². The number of likely N-dealkylation sites (N-methyl/N-ethyl adjacent to an activating group) is 1. The van der Waals surface area contributed by atoms with Gasteiger partial charge in [-0.25, -0.2) is 0 Å². The second-order valence-electron chi connectivity index (χ2n) is 8.10. The first-order valence-electron chi connectivity index (χ1n) is 9.89. The van der Waals surface area contributed by atoms with Crippen LogP contribution in [0.1, 0.15) is 71.1 Å². The summed E-state index contributed by atoms with van der Waals surface area (Å²) in [4.78, 5) is 10.8. The Hall–Kier alpha value is -0.700. The summed E-state index contributed by atoms with van der Waals surface area (Å²) in [6, 6.07) is 0. The summed E-state index contributed by atoms with van der Waals surface area (Å²) in [6.07, 6.45) is 12.0. The molecule has 0 heterocycles. The zero-order valence-corrected chi connectivity index (χ0v) is 18.7. The lowest BCUT2D eigenvalue weighted by atomic mass is 10.1. The fourth-order valence-electron chi connectivity index (χ4n) is 2.64. The van der Waals surface area contributed by atoms with E-state index in [9.17, 15) is 18.3 Å². The molecule has 0 aromatic heterocycles. The Balaban J connectivity index is 0. The van der Waals surface area contributed by atoms with Gasteiger partial charge in [-0.05, 0) is 6.42 Å². The van der Waals surface area contributed by atoms with Crippen LogP contribution >= 0.6 is 0 Å². The van der Waals surface area contributed by atoms with E-state index < -0.39 is 16.1 Å². The van der Waals surface area contributed by atoms with Gasteiger partial charge in [-0.15, -0.1) is 0 Å². The maximum atomic E-state index is 10.8. The molecule has 27 heavy (non-hydrogen) atoms. The highest BCUT2D eigenvalue weighted by Crippen LogP contribution is 2.10. The summed E-state index contributed by atoms with van der Waals surface area (Å²) in [5.41, 5.74) is 0. The highest BCUT2D eigenvalue weighted by Gasteiger charge is 2.18. The number of unbranched alkanes of at least 4 members (excludes halogenated alkanes) is 8. The van der Waals surface area contributed by atoms with Crippen molar-refractivity contribution in [3.63, 3.8) is 0 Å². The molecular weight excluding hydrogens is 370 g/mol. The number of ether oxygens (including phenoxy) is 1. The van der Waals surface area contributed by atoms with E-state index in [1.54, 1.807) is 0 Å². The predicted octanol–water partition coefficient (Wildman–Crippen LogP) is 2.25. The van der Waals surface area contributed by atoms with Gasteiger partial charge < -0.3 is 19.1 Å². The molecule has 0 aromatic rings. The zero-order valence-electron chi connectivity index (χ0n) is 17.9. The summed E-state index contributed by atoms with van der Waals surface area (Å²) in [5.74, 6) is -1.02.